The molecule has 2 aliphatic heterocycles. The second kappa shape index (κ2) is 7.86. The Kier molecular flexibility index (Phi) is 5.56. The predicted molar refractivity (Wildman–Crippen MR) is 102 cm³/mol. The highest BCUT2D eigenvalue weighted by Crippen LogP contribution is 2.20. The first-order valence-corrected chi connectivity index (χ1v) is 9.16. The molecule has 2 amide bonds. The average molecular weight is 357 g/mol. The van der Waals surface area contributed by atoms with Crippen LogP contribution in [0.3, 0.4) is 0 Å². The van der Waals surface area contributed by atoms with Gasteiger partial charge in [0.2, 0.25) is 5.84 Å². The quantitative estimate of drug-likeness (QED) is 0.881. The van der Waals surface area contributed by atoms with Gasteiger partial charge in [-0.1, -0.05) is 18.2 Å². The Balaban J connectivity index is 1.81. The number of amidine groups is 1. The zero-order valence-electron chi connectivity index (χ0n) is 15.7. The van der Waals surface area contributed by atoms with Gasteiger partial charge >= 0.3 is 0 Å². The van der Waals surface area contributed by atoms with Gasteiger partial charge in [-0.15, -0.1) is 0 Å². The summed E-state index contributed by atoms with van der Waals surface area (Å²) < 4.78 is 0. The molecule has 7 nitrogen and oxygen atoms in total. The highest BCUT2D eigenvalue weighted by atomic mass is 16.2. The maximum atomic E-state index is 13.2. The summed E-state index contributed by atoms with van der Waals surface area (Å²) in [6.07, 6.45) is 3.13. The van der Waals surface area contributed by atoms with E-state index in [-0.39, 0.29) is 23.7 Å². The van der Waals surface area contributed by atoms with Crippen LogP contribution in [0.5, 0.6) is 0 Å². The van der Waals surface area contributed by atoms with Gasteiger partial charge in [-0.2, -0.15) is 0 Å². The molecule has 0 spiro atoms. The van der Waals surface area contributed by atoms with Crippen molar-refractivity contribution >= 4 is 23.3 Å². The van der Waals surface area contributed by atoms with Gasteiger partial charge in [0.25, 0.3) is 11.8 Å². The predicted octanol–water partition coefficient (Wildman–Crippen LogP) is 1.27. The van der Waals surface area contributed by atoms with Gasteiger partial charge in [-0.05, 0) is 52.4 Å². The van der Waals surface area contributed by atoms with Gasteiger partial charge in [-0.25, -0.2) is 10.0 Å². The van der Waals surface area contributed by atoms with Crippen molar-refractivity contribution in [3.05, 3.63) is 30.3 Å². The summed E-state index contributed by atoms with van der Waals surface area (Å²) in [5.74, 6) is -0.0559. The Morgan fingerprint density at radius 3 is 2.69 bits per heavy atom. The van der Waals surface area contributed by atoms with Crippen molar-refractivity contribution in [3.63, 3.8) is 0 Å². The van der Waals surface area contributed by atoms with E-state index in [1.165, 1.54) is 5.01 Å². The number of para-hydroxylation sites is 1. The van der Waals surface area contributed by atoms with Crippen LogP contribution in [-0.2, 0) is 9.59 Å². The second-order valence-electron chi connectivity index (χ2n) is 7.19. The van der Waals surface area contributed by atoms with Gasteiger partial charge in [0.15, 0.2) is 0 Å². The molecule has 0 radical (unpaired) electrons. The molecule has 2 heterocycles. The number of nitrogens with one attached hydrogen (secondary N) is 1. The van der Waals surface area contributed by atoms with Crippen molar-refractivity contribution in [3.8, 4) is 0 Å². The number of hydrogen-bond donors (Lipinski definition) is 1. The zero-order chi connectivity index (χ0) is 18.7. The second-order valence-corrected chi connectivity index (χ2v) is 7.19. The van der Waals surface area contributed by atoms with Gasteiger partial charge < -0.3 is 9.80 Å². The van der Waals surface area contributed by atoms with Gasteiger partial charge in [-0.3, -0.25) is 15.0 Å². The summed E-state index contributed by atoms with van der Waals surface area (Å²) in [7, 11) is 4.04. The van der Waals surface area contributed by atoms with E-state index in [9.17, 15) is 9.59 Å². The number of nitrogens with zero attached hydrogens (tertiary/aromatic N) is 4. The maximum Gasteiger partial charge on any atom is 0.291 e. The number of benzene rings is 1. The summed E-state index contributed by atoms with van der Waals surface area (Å²) in [6, 6.07) is 8.86. The van der Waals surface area contributed by atoms with E-state index in [1.807, 2.05) is 49.3 Å². The van der Waals surface area contributed by atoms with E-state index in [4.69, 9.17) is 0 Å². The SMILES string of the molecule is CC1N=C(C(=O)N2CCCCC2CN(C)C)NN(c2ccccc2)C1=O. The normalized spacial score (nSPS) is 23.7. The van der Waals surface area contributed by atoms with Crippen molar-refractivity contribution in [2.75, 3.05) is 32.2 Å². The average Bonchev–Trinajstić information content (AvgIpc) is 2.64. The van der Waals surface area contributed by atoms with E-state index in [1.54, 1.807) is 6.92 Å². The first-order valence-electron chi connectivity index (χ1n) is 9.16. The summed E-state index contributed by atoms with van der Waals surface area (Å²) in [5, 5.41) is 1.43. The molecule has 2 atom stereocenters. The number of hydrogen-bond acceptors (Lipinski definition) is 5. The third kappa shape index (κ3) is 3.88. The number of aliphatic imine (C=N–C) groups is 1. The summed E-state index contributed by atoms with van der Waals surface area (Å²) in [6.45, 7) is 3.28. The standard InChI is InChI=1S/C19H27N5O2/c1-14-18(25)24(15-9-5-4-6-10-15)21-17(20-14)19(26)23-12-8-7-11-16(23)13-22(2)3/h4-6,9-10,14,16H,7-8,11-13H2,1-3H3,(H,20,21). The molecule has 1 aromatic carbocycles. The largest absolute Gasteiger partial charge is 0.332 e. The summed E-state index contributed by atoms with van der Waals surface area (Å²) in [4.78, 5) is 34.0. The molecule has 1 N–H and O–H groups in total. The van der Waals surface area contributed by atoms with Crippen LogP contribution in [0.15, 0.2) is 35.3 Å². The minimum atomic E-state index is -0.590. The van der Waals surface area contributed by atoms with E-state index < -0.39 is 6.04 Å². The molecule has 0 aliphatic carbocycles. The van der Waals surface area contributed by atoms with E-state index in [0.717, 1.165) is 32.4 Å². The molecular formula is C19H27N5O2. The molecule has 3 rings (SSSR count). The molecule has 0 aromatic heterocycles. The Bertz CT molecular complexity index is 688. The van der Waals surface area contributed by atoms with E-state index in [0.29, 0.717) is 5.69 Å². The molecule has 7 heteroatoms. The lowest BCUT2D eigenvalue weighted by Crippen LogP contribution is -2.60. The number of anilines is 1. The van der Waals surface area contributed by atoms with Crippen molar-refractivity contribution in [1.82, 2.24) is 15.2 Å². The van der Waals surface area contributed by atoms with Crippen molar-refractivity contribution in [2.24, 2.45) is 4.99 Å². The molecule has 0 bridgehead atoms. The van der Waals surface area contributed by atoms with Crippen LogP contribution in [-0.4, -0.2) is 66.7 Å². The minimum absolute atomic E-state index is 0.128. The number of piperidine rings is 1. The van der Waals surface area contributed by atoms with Crippen LogP contribution in [0.2, 0.25) is 0 Å². The van der Waals surface area contributed by atoms with E-state index >= 15 is 0 Å². The van der Waals surface area contributed by atoms with Crippen LogP contribution < -0.4 is 10.4 Å². The molecular weight excluding hydrogens is 330 g/mol. The van der Waals surface area contributed by atoms with Crippen LogP contribution in [0.4, 0.5) is 5.69 Å². The third-order valence-corrected chi connectivity index (χ3v) is 4.80. The zero-order valence-corrected chi connectivity index (χ0v) is 15.7. The van der Waals surface area contributed by atoms with Crippen LogP contribution in [0.1, 0.15) is 26.2 Å². The van der Waals surface area contributed by atoms with Gasteiger partial charge in [0.05, 0.1) is 5.69 Å². The monoisotopic (exact) mass is 357 g/mol. The summed E-state index contributed by atoms with van der Waals surface area (Å²) >= 11 is 0. The number of likely N-dealkylation sites (tertiary alicyclic amines) is 1. The topological polar surface area (TPSA) is 68.2 Å². The van der Waals surface area contributed by atoms with Crippen LogP contribution in [0, 0.1) is 0 Å². The minimum Gasteiger partial charge on any atom is -0.332 e. The van der Waals surface area contributed by atoms with Gasteiger partial charge in [0, 0.05) is 19.1 Å². The number of likely N-dealkylation sites (N-methyl/N-ethyl adjacent to an activating group) is 1. The lowest BCUT2D eigenvalue weighted by molar-refractivity contribution is -0.128. The molecule has 1 aromatic rings. The van der Waals surface area contributed by atoms with Crippen LogP contribution in [0.25, 0.3) is 0 Å². The molecule has 1 saturated heterocycles. The lowest BCUT2D eigenvalue weighted by atomic mass is 10.0. The number of amides is 2. The highest BCUT2D eigenvalue weighted by molar-refractivity contribution is 6.39. The number of rotatable bonds is 4. The first-order chi connectivity index (χ1) is 12.5. The Morgan fingerprint density at radius 1 is 1.27 bits per heavy atom. The highest BCUT2D eigenvalue weighted by Gasteiger charge is 2.35. The fourth-order valence-electron chi connectivity index (χ4n) is 3.51. The van der Waals surface area contributed by atoms with Gasteiger partial charge in [0.1, 0.15) is 6.04 Å². The maximum absolute atomic E-state index is 13.2. The Morgan fingerprint density at radius 2 is 2.00 bits per heavy atom. The molecule has 1 fully saturated rings. The molecule has 26 heavy (non-hydrogen) atoms. The van der Waals surface area contributed by atoms with E-state index in [2.05, 4.69) is 15.3 Å². The molecule has 140 valence electrons. The fourth-order valence-corrected chi connectivity index (χ4v) is 3.51. The lowest BCUT2D eigenvalue weighted by Gasteiger charge is -2.39. The summed E-state index contributed by atoms with van der Waals surface area (Å²) in [5.41, 5.74) is 3.65. The number of hydrazine groups is 1. The molecule has 2 unspecified atom stereocenters. The van der Waals surface area contributed by atoms with Crippen LogP contribution >= 0.6 is 0 Å². The number of carbonyl (C=O) groups is 2. The Labute approximate surface area is 154 Å². The molecule has 0 saturated carbocycles. The third-order valence-electron chi connectivity index (χ3n) is 4.80. The fraction of sp³-hybridized carbons (Fsp3) is 0.526. The van der Waals surface area contributed by atoms with Crippen molar-refractivity contribution in [2.45, 2.75) is 38.3 Å². The Hall–Kier alpha value is -2.41. The molecule has 2 aliphatic rings. The smallest absolute Gasteiger partial charge is 0.291 e. The first kappa shape index (κ1) is 18.4. The van der Waals surface area contributed by atoms with Crippen molar-refractivity contribution < 1.29 is 9.59 Å². The van der Waals surface area contributed by atoms with Crippen molar-refractivity contribution in [1.29, 1.82) is 0 Å². The number of carbonyl (C=O) groups excluding carboxylic acids is 2.